The second-order valence-corrected chi connectivity index (χ2v) is 5.86. The lowest BCUT2D eigenvalue weighted by atomic mass is 10.3. The van der Waals surface area contributed by atoms with Crippen molar-refractivity contribution >= 4 is 23.0 Å². The lowest BCUT2D eigenvalue weighted by Gasteiger charge is -2.18. The molecule has 1 saturated carbocycles. The molecule has 0 atom stereocenters. The van der Waals surface area contributed by atoms with E-state index in [4.69, 9.17) is 5.84 Å². The Kier molecular flexibility index (Phi) is 3.35. The van der Waals surface area contributed by atoms with Crippen molar-refractivity contribution in [2.24, 2.45) is 5.84 Å². The molecule has 0 amide bonds. The summed E-state index contributed by atoms with van der Waals surface area (Å²) in [4.78, 5) is 12.5. The van der Waals surface area contributed by atoms with E-state index in [0.717, 1.165) is 18.2 Å². The van der Waals surface area contributed by atoms with Crippen molar-refractivity contribution in [3.63, 3.8) is 0 Å². The van der Waals surface area contributed by atoms with Crippen LogP contribution in [-0.4, -0.2) is 17.0 Å². The van der Waals surface area contributed by atoms with Gasteiger partial charge in [-0.25, -0.2) is 15.8 Å². The zero-order valence-electron chi connectivity index (χ0n) is 10.8. The lowest BCUT2D eigenvalue weighted by molar-refractivity contribution is 0.861. The number of anilines is 2. The number of hydrazine groups is 1. The quantitative estimate of drug-likeness (QED) is 0.647. The standard InChI is InChI=1S/C13H17N5S/c1-18(8-10-3-2-6-19-10)12-7-11(17-14)15-13(16-12)9-4-5-9/h2-3,6-7,9H,4-5,8,14H2,1H3,(H,15,16,17). The van der Waals surface area contributed by atoms with E-state index in [9.17, 15) is 0 Å². The van der Waals surface area contributed by atoms with Crippen LogP contribution in [0.2, 0.25) is 0 Å². The maximum absolute atomic E-state index is 5.49. The Hall–Kier alpha value is -1.66. The van der Waals surface area contributed by atoms with Gasteiger partial charge in [0.05, 0.1) is 6.54 Å². The summed E-state index contributed by atoms with van der Waals surface area (Å²) in [5.74, 6) is 8.51. The summed E-state index contributed by atoms with van der Waals surface area (Å²) in [6.45, 7) is 0.850. The van der Waals surface area contributed by atoms with Crippen molar-refractivity contribution in [2.45, 2.75) is 25.3 Å². The maximum Gasteiger partial charge on any atom is 0.145 e. The van der Waals surface area contributed by atoms with E-state index >= 15 is 0 Å². The van der Waals surface area contributed by atoms with Crippen LogP contribution in [0.4, 0.5) is 11.6 Å². The van der Waals surface area contributed by atoms with Gasteiger partial charge in [0.2, 0.25) is 0 Å². The predicted octanol–water partition coefficient (Wildman–Crippen LogP) is 2.34. The van der Waals surface area contributed by atoms with Gasteiger partial charge in [-0.1, -0.05) is 6.07 Å². The molecule has 2 heterocycles. The van der Waals surface area contributed by atoms with E-state index in [-0.39, 0.29) is 0 Å². The summed E-state index contributed by atoms with van der Waals surface area (Å²) in [6, 6.07) is 6.09. The molecule has 1 aliphatic rings. The number of hydrogen-bond donors (Lipinski definition) is 2. The van der Waals surface area contributed by atoms with Crippen LogP contribution in [0, 0.1) is 0 Å². The number of rotatable bonds is 5. The van der Waals surface area contributed by atoms with Crippen LogP contribution >= 0.6 is 11.3 Å². The Labute approximate surface area is 116 Å². The van der Waals surface area contributed by atoms with Gasteiger partial charge in [0.25, 0.3) is 0 Å². The van der Waals surface area contributed by atoms with Crippen LogP contribution in [0.15, 0.2) is 23.6 Å². The minimum absolute atomic E-state index is 0.516. The zero-order valence-corrected chi connectivity index (χ0v) is 11.7. The summed E-state index contributed by atoms with van der Waals surface area (Å²) < 4.78 is 0. The first-order chi connectivity index (χ1) is 9.26. The van der Waals surface area contributed by atoms with Crippen LogP contribution in [-0.2, 0) is 6.54 Å². The number of aromatic nitrogens is 2. The van der Waals surface area contributed by atoms with Gasteiger partial charge >= 0.3 is 0 Å². The first-order valence-electron chi connectivity index (χ1n) is 6.35. The van der Waals surface area contributed by atoms with Gasteiger partial charge in [0.1, 0.15) is 17.5 Å². The van der Waals surface area contributed by atoms with E-state index in [1.807, 2.05) is 13.1 Å². The molecule has 100 valence electrons. The Balaban J connectivity index is 1.83. The second-order valence-electron chi connectivity index (χ2n) is 4.82. The van der Waals surface area contributed by atoms with Crippen molar-refractivity contribution < 1.29 is 0 Å². The topological polar surface area (TPSA) is 67.1 Å². The summed E-state index contributed by atoms with van der Waals surface area (Å²) in [5, 5.41) is 2.09. The summed E-state index contributed by atoms with van der Waals surface area (Å²) in [6.07, 6.45) is 2.37. The van der Waals surface area contributed by atoms with Crippen molar-refractivity contribution in [3.8, 4) is 0 Å². The number of nitrogens with one attached hydrogen (secondary N) is 1. The molecule has 19 heavy (non-hydrogen) atoms. The van der Waals surface area contributed by atoms with Gasteiger partial charge in [0.15, 0.2) is 0 Å². The number of nitrogens with zero attached hydrogens (tertiary/aromatic N) is 3. The zero-order chi connectivity index (χ0) is 13.2. The maximum atomic E-state index is 5.49. The summed E-state index contributed by atoms with van der Waals surface area (Å²) >= 11 is 1.75. The highest BCUT2D eigenvalue weighted by Crippen LogP contribution is 2.39. The molecule has 6 heteroatoms. The Morgan fingerprint density at radius 2 is 2.32 bits per heavy atom. The first kappa shape index (κ1) is 12.4. The Morgan fingerprint density at radius 1 is 1.47 bits per heavy atom. The normalized spacial score (nSPS) is 14.4. The van der Waals surface area contributed by atoms with Crippen molar-refractivity contribution in [2.75, 3.05) is 17.4 Å². The van der Waals surface area contributed by atoms with E-state index in [2.05, 4.69) is 37.8 Å². The van der Waals surface area contributed by atoms with Gasteiger partial charge in [-0.15, -0.1) is 11.3 Å². The second kappa shape index (κ2) is 5.14. The molecule has 0 spiro atoms. The number of nitrogens with two attached hydrogens (primary N) is 1. The van der Waals surface area contributed by atoms with Gasteiger partial charge in [-0.05, 0) is 24.3 Å². The highest BCUT2D eigenvalue weighted by molar-refractivity contribution is 7.09. The fourth-order valence-electron chi connectivity index (χ4n) is 1.96. The molecule has 2 aromatic rings. The summed E-state index contributed by atoms with van der Waals surface area (Å²) in [7, 11) is 2.04. The van der Waals surface area contributed by atoms with Crippen LogP contribution in [0.25, 0.3) is 0 Å². The van der Waals surface area contributed by atoms with Crippen LogP contribution < -0.4 is 16.2 Å². The average Bonchev–Trinajstić information content (AvgIpc) is 3.17. The van der Waals surface area contributed by atoms with Crippen molar-refractivity contribution in [1.82, 2.24) is 9.97 Å². The first-order valence-corrected chi connectivity index (χ1v) is 7.23. The molecular weight excluding hydrogens is 258 g/mol. The monoisotopic (exact) mass is 275 g/mol. The minimum Gasteiger partial charge on any atom is -0.354 e. The van der Waals surface area contributed by atoms with Gasteiger partial charge in [-0.2, -0.15) is 0 Å². The third-order valence-electron chi connectivity index (χ3n) is 3.18. The average molecular weight is 275 g/mol. The fourth-order valence-corrected chi connectivity index (χ4v) is 2.72. The molecule has 2 aromatic heterocycles. The molecule has 0 bridgehead atoms. The third kappa shape index (κ3) is 2.85. The van der Waals surface area contributed by atoms with Crippen LogP contribution in [0.5, 0.6) is 0 Å². The highest BCUT2D eigenvalue weighted by Gasteiger charge is 2.27. The third-order valence-corrected chi connectivity index (χ3v) is 4.05. The van der Waals surface area contributed by atoms with Gasteiger partial charge in [-0.3, -0.25) is 0 Å². The van der Waals surface area contributed by atoms with E-state index in [1.54, 1.807) is 11.3 Å². The molecule has 0 radical (unpaired) electrons. The SMILES string of the molecule is CN(Cc1cccs1)c1cc(NN)nc(C2CC2)n1. The minimum atomic E-state index is 0.516. The molecule has 3 rings (SSSR count). The van der Waals surface area contributed by atoms with Gasteiger partial charge in [0, 0.05) is 23.9 Å². The smallest absolute Gasteiger partial charge is 0.145 e. The number of hydrogen-bond acceptors (Lipinski definition) is 6. The molecule has 0 aromatic carbocycles. The number of thiophene rings is 1. The van der Waals surface area contributed by atoms with E-state index < -0.39 is 0 Å². The van der Waals surface area contributed by atoms with Crippen LogP contribution in [0.1, 0.15) is 29.5 Å². The van der Waals surface area contributed by atoms with E-state index in [0.29, 0.717) is 11.7 Å². The van der Waals surface area contributed by atoms with Crippen molar-refractivity contribution in [1.29, 1.82) is 0 Å². The Bertz CT molecular complexity index is 550. The van der Waals surface area contributed by atoms with Crippen molar-refractivity contribution in [3.05, 3.63) is 34.3 Å². The largest absolute Gasteiger partial charge is 0.354 e. The molecule has 0 unspecified atom stereocenters. The Morgan fingerprint density at radius 3 is 2.95 bits per heavy atom. The molecule has 1 fully saturated rings. The molecule has 5 nitrogen and oxygen atoms in total. The molecule has 0 saturated heterocycles. The molecule has 1 aliphatic carbocycles. The van der Waals surface area contributed by atoms with E-state index in [1.165, 1.54) is 17.7 Å². The number of nitrogen functional groups attached to an aromatic ring is 1. The summed E-state index contributed by atoms with van der Waals surface area (Å²) in [5.41, 5.74) is 2.63. The van der Waals surface area contributed by atoms with Crippen LogP contribution in [0.3, 0.4) is 0 Å². The fraction of sp³-hybridized carbons (Fsp3) is 0.385. The molecular formula is C13H17N5S. The predicted molar refractivity (Wildman–Crippen MR) is 78.2 cm³/mol. The molecule has 3 N–H and O–H groups in total. The van der Waals surface area contributed by atoms with Gasteiger partial charge < -0.3 is 10.3 Å². The highest BCUT2D eigenvalue weighted by atomic mass is 32.1. The molecule has 0 aliphatic heterocycles. The lowest BCUT2D eigenvalue weighted by Crippen LogP contribution is -2.19.